The van der Waals surface area contributed by atoms with E-state index < -0.39 is 0 Å². The van der Waals surface area contributed by atoms with Crippen molar-refractivity contribution in [3.63, 3.8) is 0 Å². The Kier molecular flexibility index (Phi) is 4.37. The first kappa shape index (κ1) is 11.8. The minimum absolute atomic E-state index is 0.0246. The van der Waals surface area contributed by atoms with Crippen LogP contribution in [0.1, 0.15) is 17.3 Å². The summed E-state index contributed by atoms with van der Waals surface area (Å²) in [5.41, 5.74) is 1.45. The van der Waals surface area contributed by atoms with Gasteiger partial charge < -0.3 is 4.74 Å². The van der Waals surface area contributed by atoms with E-state index in [-0.39, 0.29) is 5.78 Å². The van der Waals surface area contributed by atoms with Gasteiger partial charge >= 0.3 is 0 Å². The molecule has 0 aliphatic carbocycles. The van der Waals surface area contributed by atoms with Gasteiger partial charge in [0.15, 0.2) is 5.78 Å². The van der Waals surface area contributed by atoms with Gasteiger partial charge in [-0.25, -0.2) is 0 Å². The number of ether oxygens (including phenoxy) is 1. The van der Waals surface area contributed by atoms with Crippen LogP contribution in [-0.4, -0.2) is 18.3 Å². The second kappa shape index (κ2) is 5.56. The van der Waals surface area contributed by atoms with Crippen LogP contribution in [-0.2, 0) is 0 Å². The Morgan fingerprint density at radius 2 is 2.27 bits per heavy atom. The highest BCUT2D eigenvalue weighted by atomic mass is 35.5. The van der Waals surface area contributed by atoms with Crippen molar-refractivity contribution in [2.45, 2.75) is 6.92 Å². The maximum atomic E-state index is 11.1. The fraction of sp³-hybridized carbons (Fsp3) is 0.250. The maximum absolute atomic E-state index is 11.1. The molecule has 0 N–H and O–H groups in total. The van der Waals surface area contributed by atoms with Gasteiger partial charge in [-0.1, -0.05) is 18.7 Å². The molecule has 1 aromatic rings. The molecular weight excluding hydrogens is 212 g/mol. The van der Waals surface area contributed by atoms with Gasteiger partial charge in [0.1, 0.15) is 12.4 Å². The van der Waals surface area contributed by atoms with E-state index in [0.717, 1.165) is 5.57 Å². The first-order valence-electron chi connectivity index (χ1n) is 4.60. The lowest BCUT2D eigenvalue weighted by molar-refractivity contribution is 0.101. The molecule has 0 spiro atoms. The monoisotopic (exact) mass is 224 g/mol. The fourth-order valence-corrected chi connectivity index (χ4v) is 1.11. The van der Waals surface area contributed by atoms with Gasteiger partial charge in [-0.2, -0.15) is 0 Å². The minimum Gasteiger partial charge on any atom is -0.489 e. The molecule has 0 bridgehead atoms. The number of benzene rings is 1. The van der Waals surface area contributed by atoms with Crippen molar-refractivity contribution in [2.24, 2.45) is 0 Å². The van der Waals surface area contributed by atoms with Crippen LogP contribution in [0.3, 0.4) is 0 Å². The quantitative estimate of drug-likeness (QED) is 0.437. The molecule has 0 amide bonds. The molecule has 0 atom stereocenters. The Hall–Kier alpha value is -1.28. The Bertz CT molecular complexity index is 372. The maximum Gasteiger partial charge on any atom is 0.159 e. The van der Waals surface area contributed by atoms with E-state index in [0.29, 0.717) is 23.8 Å². The molecule has 1 rings (SSSR count). The van der Waals surface area contributed by atoms with E-state index in [9.17, 15) is 4.79 Å². The molecule has 2 nitrogen and oxygen atoms in total. The van der Waals surface area contributed by atoms with Crippen LogP contribution < -0.4 is 4.74 Å². The Balaban J connectivity index is 2.66. The van der Waals surface area contributed by atoms with Gasteiger partial charge in [-0.05, 0) is 24.6 Å². The topological polar surface area (TPSA) is 26.3 Å². The third-order valence-corrected chi connectivity index (χ3v) is 2.25. The molecule has 3 heteroatoms. The first-order valence-corrected chi connectivity index (χ1v) is 5.13. The molecule has 0 heterocycles. The summed E-state index contributed by atoms with van der Waals surface area (Å²) in [5, 5.41) is 0. The second-order valence-corrected chi connectivity index (χ2v) is 3.52. The Morgan fingerprint density at radius 3 is 2.87 bits per heavy atom. The average molecular weight is 225 g/mol. The summed E-state index contributed by atoms with van der Waals surface area (Å²) in [4.78, 5) is 11.1. The highest BCUT2D eigenvalue weighted by Crippen LogP contribution is 2.14. The zero-order valence-corrected chi connectivity index (χ0v) is 9.38. The smallest absolute Gasteiger partial charge is 0.159 e. The van der Waals surface area contributed by atoms with Crippen LogP contribution in [0.4, 0.5) is 0 Å². The summed E-state index contributed by atoms with van der Waals surface area (Å²) in [6.07, 6.45) is 0. The molecule has 0 fully saturated rings. The highest BCUT2D eigenvalue weighted by molar-refractivity contribution is 6.19. The Labute approximate surface area is 94.5 Å². The number of hydrogen-bond donors (Lipinski definition) is 0. The average Bonchev–Trinajstić information content (AvgIpc) is 2.26. The zero-order chi connectivity index (χ0) is 11.3. The molecule has 0 unspecified atom stereocenters. The summed E-state index contributed by atoms with van der Waals surface area (Å²) < 4.78 is 5.41. The van der Waals surface area contributed by atoms with E-state index in [1.165, 1.54) is 6.92 Å². The van der Waals surface area contributed by atoms with Gasteiger partial charge in [0.05, 0.1) is 0 Å². The number of halogens is 1. The second-order valence-electron chi connectivity index (χ2n) is 3.26. The van der Waals surface area contributed by atoms with E-state index in [4.69, 9.17) is 16.3 Å². The lowest BCUT2D eigenvalue weighted by Gasteiger charge is -2.07. The van der Waals surface area contributed by atoms with Gasteiger partial charge in [-0.3, -0.25) is 4.79 Å². The van der Waals surface area contributed by atoms with Crippen LogP contribution in [0.15, 0.2) is 36.4 Å². The van der Waals surface area contributed by atoms with E-state index in [2.05, 4.69) is 6.58 Å². The third-order valence-electron chi connectivity index (χ3n) is 1.87. The largest absolute Gasteiger partial charge is 0.489 e. The standard InChI is InChI=1S/C12H13ClO2/c1-9(7-13)8-15-12-5-3-4-11(6-12)10(2)14/h3-6H,1,7-8H2,2H3. The number of carbonyl (C=O) groups excluding carboxylic acids is 1. The molecule has 80 valence electrons. The summed E-state index contributed by atoms with van der Waals surface area (Å²) in [5.74, 6) is 1.07. The number of alkyl halides is 1. The normalized spacial score (nSPS) is 9.73. The molecule has 0 aliphatic rings. The summed E-state index contributed by atoms with van der Waals surface area (Å²) in [6, 6.07) is 7.05. The van der Waals surface area contributed by atoms with Crippen LogP contribution in [0.25, 0.3) is 0 Å². The molecule has 0 saturated carbocycles. The summed E-state index contributed by atoms with van der Waals surface area (Å²) >= 11 is 5.57. The number of carbonyl (C=O) groups is 1. The predicted molar refractivity (Wildman–Crippen MR) is 61.8 cm³/mol. The number of Topliss-reactive ketones (excluding diaryl/α,β-unsaturated/α-hetero) is 1. The first-order chi connectivity index (χ1) is 7.13. The van der Waals surface area contributed by atoms with E-state index >= 15 is 0 Å². The van der Waals surface area contributed by atoms with Gasteiger partial charge in [0.2, 0.25) is 0 Å². The predicted octanol–water partition coefficient (Wildman–Crippen LogP) is 3.06. The van der Waals surface area contributed by atoms with Gasteiger partial charge in [0, 0.05) is 11.4 Å². The molecule has 15 heavy (non-hydrogen) atoms. The lowest BCUT2D eigenvalue weighted by atomic mass is 10.1. The van der Waals surface area contributed by atoms with E-state index in [1.54, 1.807) is 24.3 Å². The molecule has 0 aromatic heterocycles. The van der Waals surface area contributed by atoms with Crippen LogP contribution >= 0.6 is 11.6 Å². The molecular formula is C12H13ClO2. The van der Waals surface area contributed by atoms with Crippen molar-refractivity contribution in [2.75, 3.05) is 12.5 Å². The van der Waals surface area contributed by atoms with Crippen molar-refractivity contribution in [3.05, 3.63) is 42.0 Å². The number of ketones is 1. The molecule has 1 aromatic carbocycles. The van der Waals surface area contributed by atoms with E-state index in [1.807, 2.05) is 0 Å². The van der Waals surface area contributed by atoms with Gasteiger partial charge in [-0.15, -0.1) is 11.6 Å². The van der Waals surface area contributed by atoms with Crippen molar-refractivity contribution in [1.82, 2.24) is 0 Å². The molecule has 0 aliphatic heterocycles. The third kappa shape index (κ3) is 3.76. The molecule has 0 radical (unpaired) electrons. The lowest BCUT2D eigenvalue weighted by Crippen LogP contribution is -2.02. The highest BCUT2D eigenvalue weighted by Gasteiger charge is 2.01. The summed E-state index contributed by atoms with van der Waals surface area (Å²) in [7, 11) is 0. The Morgan fingerprint density at radius 1 is 1.53 bits per heavy atom. The minimum atomic E-state index is 0.0246. The van der Waals surface area contributed by atoms with Crippen molar-refractivity contribution >= 4 is 17.4 Å². The fourth-order valence-electron chi connectivity index (χ4n) is 1.03. The summed E-state index contributed by atoms with van der Waals surface area (Å²) in [6.45, 7) is 5.63. The van der Waals surface area contributed by atoms with Gasteiger partial charge in [0.25, 0.3) is 0 Å². The molecule has 0 saturated heterocycles. The number of hydrogen-bond acceptors (Lipinski definition) is 2. The SMILES string of the molecule is C=C(CCl)COc1cccc(C(C)=O)c1. The van der Waals surface area contributed by atoms with Crippen LogP contribution in [0.5, 0.6) is 5.75 Å². The van der Waals surface area contributed by atoms with Crippen LogP contribution in [0.2, 0.25) is 0 Å². The number of rotatable bonds is 5. The van der Waals surface area contributed by atoms with Crippen LogP contribution in [0, 0.1) is 0 Å². The van der Waals surface area contributed by atoms with Crippen molar-refractivity contribution < 1.29 is 9.53 Å². The van der Waals surface area contributed by atoms with Crippen molar-refractivity contribution in [3.8, 4) is 5.75 Å². The van der Waals surface area contributed by atoms with Crippen molar-refractivity contribution in [1.29, 1.82) is 0 Å². The zero-order valence-electron chi connectivity index (χ0n) is 8.63.